The second kappa shape index (κ2) is 7.03. The summed E-state index contributed by atoms with van der Waals surface area (Å²) in [5, 5.41) is 7.24. The minimum atomic E-state index is -0.0961. The van der Waals surface area contributed by atoms with Gasteiger partial charge in [-0.15, -0.1) is 0 Å². The lowest BCUT2D eigenvalue weighted by Crippen LogP contribution is -2.16. The number of rotatable bonds is 5. The van der Waals surface area contributed by atoms with E-state index in [1.807, 2.05) is 49.3 Å². The molecule has 0 fully saturated rings. The lowest BCUT2D eigenvalue weighted by Gasteiger charge is -2.17. The number of H-pyrrole nitrogens is 1. The largest absolute Gasteiger partial charge is 0.495 e. The van der Waals surface area contributed by atoms with Crippen LogP contribution in [0, 0.1) is 5.92 Å². The molecule has 0 saturated heterocycles. The Morgan fingerprint density at radius 3 is 2.46 bits per heavy atom. The number of ether oxygens (including phenoxy) is 1. The van der Waals surface area contributed by atoms with E-state index < -0.39 is 0 Å². The topological polar surface area (TPSA) is 84.2 Å². The van der Waals surface area contributed by atoms with Gasteiger partial charge in [0.1, 0.15) is 17.1 Å². The smallest absolute Gasteiger partial charge is 0.186 e. The number of nitrogen functional groups attached to an aromatic ring is 1. The Balaban J connectivity index is 1.64. The van der Waals surface area contributed by atoms with E-state index >= 15 is 0 Å². The summed E-state index contributed by atoms with van der Waals surface area (Å²) in [4.78, 5) is 15.0. The average Bonchev–Trinajstić information content (AvgIpc) is 3.30. The summed E-state index contributed by atoms with van der Waals surface area (Å²) in [5.41, 5.74) is 12.0. The van der Waals surface area contributed by atoms with Crippen LogP contribution in [0.5, 0.6) is 5.75 Å². The molecule has 28 heavy (non-hydrogen) atoms. The van der Waals surface area contributed by atoms with Crippen LogP contribution in [0.15, 0.2) is 42.5 Å². The summed E-state index contributed by atoms with van der Waals surface area (Å²) < 4.78 is 5.41. The van der Waals surface area contributed by atoms with E-state index in [-0.39, 0.29) is 11.7 Å². The monoisotopic (exact) mass is 376 g/mol. The van der Waals surface area contributed by atoms with Gasteiger partial charge in [-0.25, -0.2) is 0 Å². The van der Waals surface area contributed by atoms with Crippen molar-refractivity contribution in [1.82, 2.24) is 10.2 Å². The number of hydrogen-bond acceptors (Lipinski definition) is 5. The highest BCUT2D eigenvalue weighted by Gasteiger charge is 2.31. The minimum absolute atomic E-state index is 0.0220. The molecule has 1 aromatic heterocycles. The molecule has 0 bridgehead atoms. The van der Waals surface area contributed by atoms with Gasteiger partial charge in [0.25, 0.3) is 0 Å². The van der Waals surface area contributed by atoms with Crippen molar-refractivity contribution < 1.29 is 9.53 Å². The number of anilines is 2. The van der Waals surface area contributed by atoms with Crippen LogP contribution < -0.4 is 15.4 Å². The van der Waals surface area contributed by atoms with Gasteiger partial charge in [-0.1, -0.05) is 24.3 Å². The first-order chi connectivity index (χ1) is 13.5. The third-order valence-corrected chi connectivity index (χ3v) is 5.41. The van der Waals surface area contributed by atoms with E-state index in [9.17, 15) is 4.79 Å². The fourth-order valence-electron chi connectivity index (χ4n) is 3.89. The van der Waals surface area contributed by atoms with Gasteiger partial charge >= 0.3 is 0 Å². The Labute approximate surface area is 164 Å². The first-order valence-corrected chi connectivity index (χ1v) is 9.30. The van der Waals surface area contributed by atoms with E-state index in [0.29, 0.717) is 17.1 Å². The van der Waals surface area contributed by atoms with Crippen molar-refractivity contribution in [2.24, 2.45) is 5.92 Å². The average molecular weight is 376 g/mol. The molecule has 1 heterocycles. The number of hydrogen-bond donors (Lipinski definition) is 2. The zero-order valence-corrected chi connectivity index (χ0v) is 16.3. The Bertz CT molecular complexity index is 1010. The van der Waals surface area contributed by atoms with Crippen LogP contribution in [0.1, 0.15) is 21.6 Å². The van der Waals surface area contributed by atoms with Crippen molar-refractivity contribution in [2.45, 2.75) is 12.8 Å². The fourth-order valence-corrected chi connectivity index (χ4v) is 3.89. The molecule has 3 N–H and O–H groups in total. The van der Waals surface area contributed by atoms with Crippen molar-refractivity contribution in [2.75, 3.05) is 31.8 Å². The first-order valence-electron chi connectivity index (χ1n) is 9.30. The summed E-state index contributed by atoms with van der Waals surface area (Å²) in [7, 11) is 5.53. The SMILES string of the molecule is COc1ccc(-c2n[nH]c(C(=O)C3Cc4ccccc4C3)c2N)cc1N(C)C. The zero-order valence-electron chi connectivity index (χ0n) is 16.3. The summed E-state index contributed by atoms with van der Waals surface area (Å²) in [6, 6.07) is 14.0. The van der Waals surface area contributed by atoms with Gasteiger partial charge in [0.2, 0.25) is 0 Å². The molecule has 6 heteroatoms. The molecule has 0 saturated carbocycles. The zero-order chi connectivity index (χ0) is 19.8. The molecule has 1 aliphatic carbocycles. The highest BCUT2D eigenvalue weighted by atomic mass is 16.5. The van der Waals surface area contributed by atoms with Crippen LogP contribution in [-0.4, -0.2) is 37.2 Å². The molecule has 0 spiro atoms. The molecular weight excluding hydrogens is 352 g/mol. The van der Waals surface area contributed by atoms with Gasteiger partial charge in [0.15, 0.2) is 5.78 Å². The summed E-state index contributed by atoms with van der Waals surface area (Å²) >= 11 is 0. The number of methoxy groups -OCH3 is 1. The Kier molecular flexibility index (Phi) is 4.55. The third kappa shape index (κ3) is 3.01. The molecule has 0 radical (unpaired) electrons. The molecule has 144 valence electrons. The molecule has 1 aliphatic rings. The van der Waals surface area contributed by atoms with E-state index in [1.54, 1.807) is 7.11 Å². The van der Waals surface area contributed by atoms with Crippen LogP contribution in [-0.2, 0) is 12.8 Å². The summed E-state index contributed by atoms with van der Waals surface area (Å²) in [6.45, 7) is 0. The van der Waals surface area contributed by atoms with Crippen LogP contribution in [0.3, 0.4) is 0 Å². The molecule has 3 aromatic rings. The van der Waals surface area contributed by atoms with Crippen molar-refractivity contribution in [3.05, 3.63) is 59.3 Å². The van der Waals surface area contributed by atoms with Crippen molar-refractivity contribution in [3.8, 4) is 17.0 Å². The summed E-state index contributed by atoms with van der Waals surface area (Å²) in [6.07, 6.45) is 1.49. The maximum atomic E-state index is 13.1. The van der Waals surface area contributed by atoms with Gasteiger partial charge in [0.05, 0.1) is 18.5 Å². The van der Waals surface area contributed by atoms with Gasteiger partial charge in [-0.2, -0.15) is 5.10 Å². The van der Waals surface area contributed by atoms with E-state index in [4.69, 9.17) is 10.5 Å². The van der Waals surface area contributed by atoms with Crippen molar-refractivity contribution in [1.29, 1.82) is 0 Å². The van der Waals surface area contributed by atoms with E-state index in [1.165, 1.54) is 11.1 Å². The van der Waals surface area contributed by atoms with Crippen molar-refractivity contribution in [3.63, 3.8) is 0 Å². The number of ketones is 1. The van der Waals surface area contributed by atoms with Gasteiger partial charge in [-0.05, 0) is 42.2 Å². The van der Waals surface area contributed by atoms with Crippen molar-refractivity contribution >= 4 is 17.2 Å². The number of benzene rings is 2. The van der Waals surface area contributed by atoms with Gasteiger partial charge < -0.3 is 15.4 Å². The maximum Gasteiger partial charge on any atom is 0.186 e. The number of Topliss-reactive ketones (excluding diaryl/α,β-unsaturated/α-hetero) is 1. The van der Waals surface area contributed by atoms with Crippen LogP contribution in [0.2, 0.25) is 0 Å². The third-order valence-electron chi connectivity index (χ3n) is 5.41. The maximum absolute atomic E-state index is 13.1. The second-order valence-electron chi connectivity index (χ2n) is 7.38. The van der Waals surface area contributed by atoms with Crippen LogP contribution >= 0.6 is 0 Å². The lowest BCUT2D eigenvalue weighted by atomic mass is 9.97. The van der Waals surface area contributed by atoms with Crippen LogP contribution in [0.4, 0.5) is 11.4 Å². The highest BCUT2D eigenvalue weighted by molar-refractivity contribution is 6.03. The number of aromatic nitrogens is 2. The Hall–Kier alpha value is -3.28. The number of nitrogens with one attached hydrogen (secondary N) is 1. The number of carbonyl (C=O) groups excluding carboxylic acids is 1. The molecule has 0 amide bonds. The van der Waals surface area contributed by atoms with Crippen LogP contribution in [0.25, 0.3) is 11.3 Å². The lowest BCUT2D eigenvalue weighted by molar-refractivity contribution is 0.0920. The number of aromatic amines is 1. The molecule has 0 unspecified atom stereocenters. The second-order valence-corrected chi connectivity index (χ2v) is 7.38. The number of carbonyl (C=O) groups is 1. The Morgan fingerprint density at radius 2 is 1.86 bits per heavy atom. The number of nitrogens with two attached hydrogens (primary N) is 1. The molecule has 6 nitrogen and oxygen atoms in total. The fraction of sp³-hybridized carbons (Fsp3) is 0.273. The molecular formula is C22H24N4O2. The molecule has 0 atom stereocenters. The standard InChI is InChI=1S/C22H24N4O2/c1-26(2)17-12-15(8-9-18(17)28-3)20-19(23)21(25-24-20)22(27)16-10-13-6-4-5-7-14(13)11-16/h4-9,12,16H,10-11,23H2,1-3H3,(H,24,25). The quantitative estimate of drug-likeness (QED) is 0.667. The number of fused-ring (bicyclic) bond motifs is 1. The number of nitrogens with zero attached hydrogens (tertiary/aromatic N) is 2. The predicted molar refractivity (Wildman–Crippen MR) is 111 cm³/mol. The van der Waals surface area contributed by atoms with E-state index in [0.717, 1.165) is 29.8 Å². The molecule has 4 rings (SSSR count). The molecule has 2 aromatic carbocycles. The minimum Gasteiger partial charge on any atom is -0.495 e. The predicted octanol–water partition coefficient (Wildman–Crippen LogP) is 3.33. The first kappa shape index (κ1) is 18.1. The molecule has 0 aliphatic heterocycles. The summed E-state index contributed by atoms with van der Waals surface area (Å²) in [5.74, 6) is 0.692. The van der Waals surface area contributed by atoms with E-state index in [2.05, 4.69) is 22.3 Å². The Morgan fingerprint density at radius 1 is 1.18 bits per heavy atom. The van der Waals surface area contributed by atoms with Gasteiger partial charge in [0, 0.05) is 25.6 Å². The highest BCUT2D eigenvalue weighted by Crippen LogP contribution is 2.36. The normalized spacial score (nSPS) is 13.4. The van der Waals surface area contributed by atoms with Gasteiger partial charge in [-0.3, -0.25) is 9.89 Å².